The van der Waals surface area contributed by atoms with Crippen LogP contribution in [-0.4, -0.2) is 90.3 Å². The molecule has 1 aliphatic heterocycles. The number of rotatable bonds is 6. The number of likely N-dealkylation sites (N-methyl/N-ethyl adjacent to an activating group) is 2. The van der Waals surface area contributed by atoms with Gasteiger partial charge in [0.2, 0.25) is 0 Å². The first-order chi connectivity index (χ1) is 11.3. The molecule has 1 saturated heterocycles. The number of hydrogen-bond acceptors (Lipinski definition) is 3. The summed E-state index contributed by atoms with van der Waals surface area (Å²) < 4.78 is 0. The van der Waals surface area contributed by atoms with Crippen LogP contribution in [0.1, 0.15) is 27.7 Å². The normalized spacial score (nSPS) is 20.2. The molecule has 2 N–H and O–H groups in total. The lowest BCUT2D eigenvalue weighted by molar-refractivity contribution is 0.162. The zero-order valence-electron chi connectivity index (χ0n) is 15.5. The van der Waals surface area contributed by atoms with Crippen LogP contribution in [0.5, 0.6) is 0 Å². The van der Waals surface area contributed by atoms with E-state index in [0.29, 0.717) is 26.2 Å². The van der Waals surface area contributed by atoms with Crippen molar-refractivity contribution in [2.75, 3.05) is 40.3 Å². The van der Waals surface area contributed by atoms with Gasteiger partial charge in [-0.2, -0.15) is 0 Å². The highest BCUT2D eigenvalue weighted by molar-refractivity contribution is 5.82. The van der Waals surface area contributed by atoms with Crippen molar-refractivity contribution in [3.63, 3.8) is 0 Å². The molecule has 1 heterocycles. The third-order valence-corrected chi connectivity index (χ3v) is 4.38. The van der Waals surface area contributed by atoms with Gasteiger partial charge < -0.3 is 30.2 Å². The second-order valence-electron chi connectivity index (χ2n) is 5.64. The highest BCUT2D eigenvalue weighted by atomic mass is 16.2. The minimum Gasteiger partial charge on any atom is -0.325 e. The van der Waals surface area contributed by atoms with Crippen molar-refractivity contribution in [1.82, 2.24) is 30.2 Å². The van der Waals surface area contributed by atoms with Crippen molar-refractivity contribution in [2.45, 2.75) is 40.0 Å². The molecule has 1 rings (SSSR count). The first kappa shape index (κ1) is 19.9. The molecule has 0 aromatic heterocycles. The molecule has 0 bridgehead atoms. The first-order valence-electron chi connectivity index (χ1n) is 8.42. The molecule has 138 valence electrons. The van der Waals surface area contributed by atoms with E-state index in [1.54, 1.807) is 23.9 Å². The van der Waals surface area contributed by atoms with Crippen LogP contribution in [0.15, 0.2) is 0 Å². The van der Waals surface area contributed by atoms with Gasteiger partial charge in [0.15, 0.2) is 0 Å². The average molecular weight is 342 g/mol. The Kier molecular flexibility index (Phi) is 7.12. The van der Waals surface area contributed by atoms with Crippen LogP contribution in [0.25, 0.3) is 0 Å². The Hall–Kier alpha value is -2.19. The van der Waals surface area contributed by atoms with Crippen molar-refractivity contribution in [3.8, 4) is 0 Å². The van der Waals surface area contributed by atoms with Gasteiger partial charge in [-0.1, -0.05) is 0 Å². The third-order valence-electron chi connectivity index (χ3n) is 4.38. The minimum atomic E-state index is -0.630. The van der Waals surface area contributed by atoms with E-state index < -0.39 is 12.3 Å². The molecule has 1 aliphatic rings. The number of amides is 6. The van der Waals surface area contributed by atoms with Crippen molar-refractivity contribution in [2.24, 2.45) is 0 Å². The molecule has 9 heteroatoms. The van der Waals surface area contributed by atoms with Crippen molar-refractivity contribution >= 4 is 18.1 Å². The maximum absolute atomic E-state index is 12.3. The molecule has 0 saturated carbocycles. The molecule has 0 aromatic carbocycles. The molecule has 1 fully saturated rings. The molecule has 24 heavy (non-hydrogen) atoms. The molecule has 0 aliphatic carbocycles. The largest absolute Gasteiger partial charge is 0.325 e. The first-order valence-corrected chi connectivity index (χ1v) is 8.42. The fourth-order valence-electron chi connectivity index (χ4n) is 2.72. The minimum absolute atomic E-state index is 0.260. The molecule has 0 radical (unpaired) electrons. The Labute approximate surface area is 143 Å². The van der Waals surface area contributed by atoms with Crippen LogP contribution in [0.2, 0.25) is 0 Å². The molecule has 9 nitrogen and oxygen atoms in total. The molecule has 2 atom stereocenters. The van der Waals surface area contributed by atoms with Gasteiger partial charge in [-0.05, 0) is 27.7 Å². The maximum atomic E-state index is 12.3. The van der Waals surface area contributed by atoms with Crippen molar-refractivity contribution in [3.05, 3.63) is 0 Å². The van der Waals surface area contributed by atoms with Crippen LogP contribution >= 0.6 is 0 Å². The van der Waals surface area contributed by atoms with Gasteiger partial charge >= 0.3 is 18.1 Å². The van der Waals surface area contributed by atoms with Crippen LogP contribution in [0.4, 0.5) is 14.4 Å². The summed E-state index contributed by atoms with van der Waals surface area (Å²) in [7, 11) is 3.21. The van der Waals surface area contributed by atoms with E-state index in [9.17, 15) is 14.4 Å². The molecule has 0 aromatic rings. The van der Waals surface area contributed by atoms with E-state index in [1.807, 2.05) is 27.7 Å². The Morgan fingerprint density at radius 1 is 0.833 bits per heavy atom. The number of urea groups is 3. The highest BCUT2D eigenvalue weighted by Gasteiger charge is 2.44. The predicted octanol–water partition coefficient (Wildman–Crippen LogP) is 0.739. The standard InChI is InChI=1S/C15H30N6O3/c1-7-20(8-2)13(22)16-11-12(19(6)15(24)18(11)5)17-14(23)21(9-3)10-4/h11-12H,7-10H2,1-6H3,(H,16,22)(H,17,23)/t11-,12+. The van der Waals surface area contributed by atoms with Gasteiger partial charge in [0.05, 0.1) is 0 Å². The lowest BCUT2D eigenvalue weighted by atomic mass is 10.3. The van der Waals surface area contributed by atoms with E-state index >= 15 is 0 Å². The quantitative estimate of drug-likeness (QED) is 0.746. The summed E-state index contributed by atoms with van der Waals surface area (Å²) >= 11 is 0. The number of carbonyl (C=O) groups is 3. The topological polar surface area (TPSA) is 88.2 Å². The van der Waals surface area contributed by atoms with Gasteiger partial charge in [-0.25, -0.2) is 14.4 Å². The van der Waals surface area contributed by atoms with Crippen LogP contribution in [0, 0.1) is 0 Å². The highest BCUT2D eigenvalue weighted by Crippen LogP contribution is 2.17. The summed E-state index contributed by atoms with van der Waals surface area (Å²) in [5, 5.41) is 5.68. The smallest absolute Gasteiger partial charge is 0.323 e. The van der Waals surface area contributed by atoms with Crippen LogP contribution in [0.3, 0.4) is 0 Å². The zero-order valence-corrected chi connectivity index (χ0v) is 15.5. The molecule has 0 spiro atoms. The average Bonchev–Trinajstić information content (AvgIpc) is 2.75. The number of carbonyl (C=O) groups excluding carboxylic acids is 3. The Balaban J connectivity index is 2.91. The summed E-state index contributed by atoms with van der Waals surface area (Å²) in [5.41, 5.74) is 0. The molecular formula is C15H30N6O3. The summed E-state index contributed by atoms with van der Waals surface area (Å²) in [6, 6.07) is -0.784. The summed E-state index contributed by atoms with van der Waals surface area (Å²) in [4.78, 5) is 43.0. The lowest BCUT2D eigenvalue weighted by Crippen LogP contribution is -2.60. The van der Waals surface area contributed by atoms with Gasteiger partial charge in [-0.3, -0.25) is 0 Å². The molecule has 0 unspecified atom stereocenters. The Morgan fingerprint density at radius 3 is 1.38 bits per heavy atom. The van der Waals surface area contributed by atoms with Gasteiger partial charge in [0.25, 0.3) is 0 Å². The summed E-state index contributed by atoms with van der Waals surface area (Å²) in [5.74, 6) is 0. The van der Waals surface area contributed by atoms with Gasteiger partial charge in [0, 0.05) is 40.3 Å². The van der Waals surface area contributed by atoms with Gasteiger partial charge in [-0.15, -0.1) is 0 Å². The van der Waals surface area contributed by atoms with E-state index in [2.05, 4.69) is 10.6 Å². The summed E-state index contributed by atoms with van der Waals surface area (Å²) in [6.07, 6.45) is -1.26. The lowest BCUT2D eigenvalue weighted by Gasteiger charge is -2.31. The third kappa shape index (κ3) is 4.01. The number of nitrogens with one attached hydrogen (secondary N) is 2. The van der Waals surface area contributed by atoms with Crippen LogP contribution < -0.4 is 10.6 Å². The Morgan fingerprint density at radius 2 is 1.12 bits per heavy atom. The van der Waals surface area contributed by atoms with E-state index in [1.165, 1.54) is 9.80 Å². The second kappa shape index (κ2) is 8.60. The molecular weight excluding hydrogens is 312 g/mol. The maximum Gasteiger partial charge on any atom is 0.323 e. The number of hydrogen-bond donors (Lipinski definition) is 2. The second-order valence-corrected chi connectivity index (χ2v) is 5.64. The van der Waals surface area contributed by atoms with Crippen LogP contribution in [-0.2, 0) is 0 Å². The molecule has 6 amide bonds. The monoisotopic (exact) mass is 342 g/mol. The van der Waals surface area contributed by atoms with Crippen molar-refractivity contribution < 1.29 is 14.4 Å². The van der Waals surface area contributed by atoms with Crippen molar-refractivity contribution in [1.29, 1.82) is 0 Å². The predicted molar refractivity (Wildman–Crippen MR) is 91.4 cm³/mol. The Bertz CT molecular complexity index is 424. The fourth-order valence-corrected chi connectivity index (χ4v) is 2.72. The SMILES string of the molecule is CCN(CC)C(=O)N[C@@H]1[C@H](NC(=O)N(CC)CC)N(C)C(=O)N1C. The fraction of sp³-hybridized carbons (Fsp3) is 0.800. The van der Waals surface area contributed by atoms with E-state index in [4.69, 9.17) is 0 Å². The van der Waals surface area contributed by atoms with Gasteiger partial charge in [0.1, 0.15) is 12.3 Å². The van der Waals surface area contributed by atoms with E-state index in [0.717, 1.165) is 0 Å². The van der Waals surface area contributed by atoms with E-state index in [-0.39, 0.29) is 18.1 Å². The zero-order chi connectivity index (χ0) is 18.4. The number of nitrogens with zero attached hydrogens (tertiary/aromatic N) is 4. The summed E-state index contributed by atoms with van der Waals surface area (Å²) in [6.45, 7) is 9.82.